The summed E-state index contributed by atoms with van der Waals surface area (Å²) in [4.78, 5) is 16.4. The van der Waals surface area contributed by atoms with E-state index in [1.807, 2.05) is 54.2 Å². The Morgan fingerprint density at radius 2 is 1.90 bits per heavy atom. The summed E-state index contributed by atoms with van der Waals surface area (Å²) in [6.45, 7) is 0. The van der Waals surface area contributed by atoms with E-state index in [0.717, 1.165) is 28.5 Å². The number of benzene rings is 1. The summed E-state index contributed by atoms with van der Waals surface area (Å²) in [6, 6.07) is 11.9. The zero-order valence-corrected chi connectivity index (χ0v) is 11.4. The standard InChI is InChI=1S/C17H16N2O/c1-19-12-15(14-4-2-3-5-16(14)19)17(20)7-6-13-8-10-18-11-9-13/h2-5,8-12H,6-7H2,1H3. The van der Waals surface area contributed by atoms with Gasteiger partial charge in [-0.05, 0) is 30.2 Å². The Kier molecular flexibility index (Phi) is 3.33. The molecule has 0 spiro atoms. The van der Waals surface area contributed by atoms with Crippen molar-refractivity contribution in [1.29, 1.82) is 0 Å². The molecule has 3 nitrogen and oxygen atoms in total. The molecule has 0 atom stereocenters. The second-order valence-electron chi connectivity index (χ2n) is 4.95. The SMILES string of the molecule is Cn1cc(C(=O)CCc2ccncc2)c2ccccc21. The van der Waals surface area contributed by atoms with E-state index in [9.17, 15) is 4.79 Å². The molecular formula is C17H16N2O. The van der Waals surface area contributed by atoms with Gasteiger partial charge >= 0.3 is 0 Å². The van der Waals surface area contributed by atoms with E-state index >= 15 is 0 Å². The summed E-state index contributed by atoms with van der Waals surface area (Å²) < 4.78 is 2.01. The van der Waals surface area contributed by atoms with Gasteiger partial charge in [-0.2, -0.15) is 0 Å². The summed E-state index contributed by atoms with van der Waals surface area (Å²) in [5, 5.41) is 1.04. The molecule has 0 radical (unpaired) electrons. The molecule has 3 aromatic rings. The smallest absolute Gasteiger partial charge is 0.165 e. The molecule has 0 saturated carbocycles. The highest BCUT2D eigenvalue weighted by molar-refractivity contribution is 6.08. The van der Waals surface area contributed by atoms with Gasteiger partial charge in [-0.25, -0.2) is 0 Å². The van der Waals surface area contributed by atoms with E-state index in [4.69, 9.17) is 0 Å². The lowest BCUT2D eigenvalue weighted by molar-refractivity contribution is 0.0984. The van der Waals surface area contributed by atoms with E-state index in [0.29, 0.717) is 6.42 Å². The van der Waals surface area contributed by atoms with Crippen molar-refractivity contribution in [2.45, 2.75) is 12.8 Å². The van der Waals surface area contributed by atoms with Crippen LogP contribution < -0.4 is 0 Å². The Morgan fingerprint density at radius 1 is 1.15 bits per heavy atom. The van der Waals surface area contributed by atoms with Gasteiger partial charge in [-0.15, -0.1) is 0 Å². The first-order valence-electron chi connectivity index (χ1n) is 6.72. The molecule has 0 aliphatic rings. The molecule has 3 rings (SSSR count). The van der Waals surface area contributed by atoms with Crippen LogP contribution in [-0.4, -0.2) is 15.3 Å². The lowest BCUT2D eigenvalue weighted by Gasteiger charge is -2.00. The van der Waals surface area contributed by atoms with Crippen molar-refractivity contribution in [3.8, 4) is 0 Å². The average Bonchev–Trinajstić information content (AvgIpc) is 2.84. The van der Waals surface area contributed by atoms with Crippen LogP contribution >= 0.6 is 0 Å². The predicted octanol–water partition coefficient (Wildman–Crippen LogP) is 3.39. The first-order valence-corrected chi connectivity index (χ1v) is 6.72. The van der Waals surface area contributed by atoms with Crippen LogP contribution in [0.4, 0.5) is 0 Å². The lowest BCUT2D eigenvalue weighted by Crippen LogP contribution is -2.00. The maximum Gasteiger partial charge on any atom is 0.165 e. The predicted molar refractivity (Wildman–Crippen MR) is 79.8 cm³/mol. The molecule has 0 saturated heterocycles. The zero-order chi connectivity index (χ0) is 13.9. The number of carbonyl (C=O) groups excluding carboxylic acids is 1. The van der Waals surface area contributed by atoms with Crippen molar-refractivity contribution in [2.24, 2.45) is 7.05 Å². The topological polar surface area (TPSA) is 34.9 Å². The highest BCUT2D eigenvalue weighted by atomic mass is 16.1. The number of Topliss-reactive ketones (excluding diaryl/α,β-unsaturated/α-hetero) is 1. The third-order valence-electron chi connectivity index (χ3n) is 3.59. The molecule has 0 N–H and O–H groups in total. The van der Waals surface area contributed by atoms with Crippen molar-refractivity contribution >= 4 is 16.7 Å². The summed E-state index contributed by atoms with van der Waals surface area (Å²) >= 11 is 0. The largest absolute Gasteiger partial charge is 0.350 e. The number of nitrogens with zero attached hydrogens (tertiary/aromatic N) is 2. The number of rotatable bonds is 4. The summed E-state index contributed by atoms with van der Waals surface area (Å²) in [5.74, 6) is 0.193. The molecule has 1 aromatic carbocycles. The van der Waals surface area contributed by atoms with Gasteiger partial charge in [-0.3, -0.25) is 9.78 Å². The van der Waals surface area contributed by atoms with E-state index in [2.05, 4.69) is 4.98 Å². The monoisotopic (exact) mass is 264 g/mol. The lowest BCUT2D eigenvalue weighted by atomic mass is 10.0. The fraction of sp³-hybridized carbons (Fsp3) is 0.176. The molecule has 20 heavy (non-hydrogen) atoms. The highest BCUT2D eigenvalue weighted by Gasteiger charge is 2.13. The minimum atomic E-state index is 0.193. The fourth-order valence-electron chi connectivity index (χ4n) is 2.51. The van der Waals surface area contributed by atoms with Gasteiger partial charge < -0.3 is 4.57 Å². The van der Waals surface area contributed by atoms with Gasteiger partial charge in [0.2, 0.25) is 0 Å². The van der Waals surface area contributed by atoms with Gasteiger partial charge in [0.1, 0.15) is 0 Å². The second kappa shape index (κ2) is 5.29. The zero-order valence-electron chi connectivity index (χ0n) is 11.4. The van der Waals surface area contributed by atoms with Crippen molar-refractivity contribution in [3.05, 3.63) is 66.1 Å². The number of pyridine rings is 1. The van der Waals surface area contributed by atoms with Crippen molar-refractivity contribution in [1.82, 2.24) is 9.55 Å². The van der Waals surface area contributed by atoms with Crippen LogP contribution in [0.25, 0.3) is 10.9 Å². The van der Waals surface area contributed by atoms with Gasteiger partial charge in [0, 0.05) is 48.5 Å². The van der Waals surface area contributed by atoms with E-state index < -0.39 is 0 Å². The third kappa shape index (κ3) is 2.35. The molecular weight excluding hydrogens is 248 g/mol. The van der Waals surface area contributed by atoms with Crippen LogP contribution in [0.15, 0.2) is 55.0 Å². The number of para-hydroxylation sites is 1. The fourth-order valence-corrected chi connectivity index (χ4v) is 2.51. The number of aryl methyl sites for hydroxylation is 2. The van der Waals surface area contributed by atoms with Gasteiger partial charge in [0.05, 0.1) is 0 Å². The molecule has 0 aliphatic heterocycles. The summed E-state index contributed by atoms with van der Waals surface area (Å²) in [5.41, 5.74) is 3.06. The molecule has 100 valence electrons. The number of ketones is 1. The van der Waals surface area contributed by atoms with E-state index in [1.54, 1.807) is 12.4 Å². The number of aromatic nitrogens is 2. The van der Waals surface area contributed by atoms with Crippen LogP contribution in [0.2, 0.25) is 0 Å². The van der Waals surface area contributed by atoms with Crippen molar-refractivity contribution < 1.29 is 4.79 Å². The normalized spacial score (nSPS) is 10.8. The van der Waals surface area contributed by atoms with Gasteiger partial charge in [0.25, 0.3) is 0 Å². The molecule has 0 fully saturated rings. The Bertz CT molecular complexity index is 744. The minimum absolute atomic E-state index is 0.193. The van der Waals surface area contributed by atoms with E-state index in [1.165, 1.54) is 0 Å². The average molecular weight is 264 g/mol. The third-order valence-corrected chi connectivity index (χ3v) is 3.59. The van der Waals surface area contributed by atoms with Crippen molar-refractivity contribution in [2.75, 3.05) is 0 Å². The van der Waals surface area contributed by atoms with Crippen LogP contribution in [0, 0.1) is 0 Å². The molecule has 0 bridgehead atoms. The number of hydrogen-bond donors (Lipinski definition) is 0. The molecule has 0 amide bonds. The highest BCUT2D eigenvalue weighted by Crippen LogP contribution is 2.22. The van der Waals surface area contributed by atoms with Gasteiger partial charge in [-0.1, -0.05) is 18.2 Å². The Morgan fingerprint density at radius 3 is 2.70 bits per heavy atom. The molecule has 3 heteroatoms. The van der Waals surface area contributed by atoms with Crippen molar-refractivity contribution in [3.63, 3.8) is 0 Å². The Labute approximate surface area is 117 Å². The number of hydrogen-bond acceptors (Lipinski definition) is 2. The molecule has 2 aromatic heterocycles. The first kappa shape index (κ1) is 12.6. The van der Waals surface area contributed by atoms with Crippen LogP contribution in [0.5, 0.6) is 0 Å². The van der Waals surface area contributed by atoms with Gasteiger partial charge in [0.15, 0.2) is 5.78 Å². The summed E-state index contributed by atoms with van der Waals surface area (Å²) in [7, 11) is 1.97. The molecule has 0 unspecified atom stereocenters. The summed E-state index contributed by atoms with van der Waals surface area (Å²) in [6.07, 6.45) is 6.73. The van der Waals surface area contributed by atoms with Crippen LogP contribution in [-0.2, 0) is 13.5 Å². The van der Waals surface area contributed by atoms with Crippen LogP contribution in [0.3, 0.4) is 0 Å². The van der Waals surface area contributed by atoms with Crippen LogP contribution in [0.1, 0.15) is 22.3 Å². The van der Waals surface area contributed by atoms with E-state index in [-0.39, 0.29) is 5.78 Å². The Balaban J connectivity index is 1.83. The molecule has 0 aliphatic carbocycles. The number of fused-ring (bicyclic) bond motifs is 1. The molecule has 2 heterocycles. The first-order chi connectivity index (χ1) is 9.75. The number of carbonyl (C=O) groups is 1. The maximum absolute atomic E-state index is 12.4. The second-order valence-corrected chi connectivity index (χ2v) is 4.95. The quantitative estimate of drug-likeness (QED) is 0.677. The maximum atomic E-state index is 12.4. The Hall–Kier alpha value is -2.42. The minimum Gasteiger partial charge on any atom is -0.350 e.